The summed E-state index contributed by atoms with van der Waals surface area (Å²) < 4.78 is 41.0. The first-order chi connectivity index (χ1) is 10.9. The maximum Gasteiger partial charge on any atom is 0.573 e. The Morgan fingerprint density at radius 1 is 1.17 bits per heavy atom. The van der Waals surface area contributed by atoms with Crippen molar-refractivity contribution in [3.63, 3.8) is 0 Å². The zero-order valence-electron chi connectivity index (χ0n) is 12.5. The number of ether oxygens (including phenoxy) is 1. The SMILES string of the molecule is O=C(CNc1ccccc1OC(F)(F)F)NC(C1CC1)C1CC1. The van der Waals surface area contributed by atoms with Crippen LogP contribution < -0.4 is 15.4 Å². The van der Waals surface area contributed by atoms with E-state index in [4.69, 9.17) is 0 Å². The third-order valence-corrected chi connectivity index (χ3v) is 4.14. The number of alkyl halides is 3. The summed E-state index contributed by atoms with van der Waals surface area (Å²) in [5, 5.41) is 5.74. The van der Waals surface area contributed by atoms with Gasteiger partial charge in [0.15, 0.2) is 5.75 Å². The van der Waals surface area contributed by atoms with E-state index >= 15 is 0 Å². The molecule has 1 aromatic carbocycles. The number of amides is 1. The molecule has 0 aliphatic heterocycles. The summed E-state index contributed by atoms with van der Waals surface area (Å²) in [5.41, 5.74) is 0.148. The van der Waals surface area contributed by atoms with Gasteiger partial charge in [-0.25, -0.2) is 0 Å². The summed E-state index contributed by atoms with van der Waals surface area (Å²) in [7, 11) is 0. The van der Waals surface area contributed by atoms with E-state index in [0.29, 0.717) is 11.8 Å². The second-order valence-corrected chi connectivity index (χ2v) is 6.17. The molecular formula is C16H19F3N2O2. The van der Waals surface area contributed by atoms with E-state index in [1.54, 1.807) is 6.07 Å². The number of halogens is 3. The third-order valence-electron chi connectivity index (χ3n) is 4.14. The van der Waals surface area contributed by atoms with E-state index < -0.39 is 6.36 Å². The fourth-order valence-electron chi connectivity index (χ4n) is 2.77. The van der Waals surface area contributed by atoms with Crippen molar-refractivity contribution in [1.29, 1.82) is 0 Å². The minimum Gasteiger partial charge on any atom is -0.404 e. The lowest BCUT2D eigenvalue weighted by Gasteiger charge is -2.19. The monoisotopic (exact) mass is 328 g/mol. The van der Waals surface area contributed by atoms with Crippen LogP contribution in [0.4, 0.5) is 18.9 Å². The molecule has 0 heterocycles. The average Bonchev–Trinajstić information content (AvgIpc) is 3.36. The van der Waals surface area contributed by atoms with E-state index in [9.17, 15) is 18.0 Å². The molecule has 0 spiro atoms. The van der Waals surface area contributed by atoms with Crippen molar-refractivity contribution >= 4 is 11.6 Å². The Labute approximate surface area is 132 Å². The summed E-state index contributed by atoms with van der Waals surface area (Å²) >= 11 is 0. The van der Waals surface area contributed by atoms with Crippen LogP contribution in [0.2, 0.25) is 0 Å². The van der Waals surface area contributed by atoms with Crippen LogP contribution in [0, 0.1) is 11.8 Å². The molecule has 2 aliphatic rings. The lowest BCUT2D eigenvalue weighted by atomic mass is 10.1. The van der Waals surface area contributed by atoms with Crippen LogP contribution in [0.1, 0.15) is 25.7 Å². The molecule has 0 atom stereocenters. The highest BCUT2D eigenvalue weighted by Gasteiger charge is 2.42. The molecule has 3 rings (SSSR count). The van der Waals surface area contributed by atoms with Gasteiger partial charge in [0.1, 0.15) is 0 Å². The molecule has 4 nitrogen and oxygen atoms in total. The van der Waals surface area contributed by atoms with Crippen molar-refractivity contribution in [1.82, 2.24) is 5.32 Å². The number of para-hydroxylation sites is 2. The van der Waals surface area contributed by atoms with Crippen molar-refractivity contribution in [2.24, 2.45) is 11.8 Å². The second kappa shape index (κ2) is 6.29. The third kappa shape index (κ3) is 4.77. The minimum absolute atomic E-state index is 0.0752. The van der Waals surface area contributed by atoms with Crippen LogP contribution in [0.5, 0.6) is 5.75 Å². The van der Waals surface area contributed by atoms with Gasteiger partial charge < -0.3 is 15.4 Å². The van der Waals surface area contributed by atoms with Crippen LogP contribution >= 0.6 is 0 Å². The van der Waals surface area contributed by atoms with Gasteiger partial charge in [-0.1, -0.05) is 12.1 Å². The number of hydrogen-bond acceptors (Lipinski definition) is 3. The van der Waals surface area contributed by atoms with Crippen molar-refractivity contribution in [3.05, 3.63) is 24.3 Å². The van der Waals surface area contributed by atoms with Crippen LogP contribution in [0.3, 0.4) is 0 Å². The number of anilines is 1. The smallest absolute Gasteiger partial charge is 0.404 e. The normalized spacial score (nSPS) is 17.9. The average molecular weight is 328 g/mol. The molecule has 0 saturated heterocycles. The van der Waals surface area contributed by atoms with Crippen molar-refractivity contribution in [3.8, 4) is 5.75 Å². The summed E-state index contributed by atoms with van der Waals surface area (Å²) in [6.07, 6.45) is -0.161. The number of nitrogens with one attached hydrogen (secondary N) is 2. The number of rotatable bonds is 7. The van der Waals surface area contributed by atoms with Gasteiger partial charge in [-0.15, -0.1) is 13.2 Å². The van der Waals surface area contributed by atoms with Gasteiger partial charge in [0, 0.05) is 6.04 Å². The molecule has 0 radical (unpaired) electrons. The Bertz CT molecular complexity index is 557. The fourth-order valence-corrected chi connectivity index (χ4v) is 2.77. The van der Waals surface area contributed by atoms with Gasteiger partial charge in [0.25, 0.3) is 0 Å². The van der Waals surface area contributed by atoms with Gasteiger partial charge in [-0.3, -0.25) is 4.79 Å². The maximum absolute atomic E-state index is 12.4. The summed E-state index contributed by atoms with van der Waals surface area (Å²) in [6.45, 7) is -0.0752. The van der Waals surface area contributed by atoms with Gasteiger partial charge in [0.05, 0.1) is 12.2 Å². The predicted octanol–water partition coefficient (Wildman–Crippen LogP) is 3.30. The van der Waals surface area contributed by atoms with Gasteiger partial charge >= 0.3 is 6.36 Å². The van der Waals surface area contributed by atoms with E-state index in [1.807, 2.05) is 0 Å². The zero-order valence-corrected chi connectivity index (χ0v) is 12.5. The molecular weight excluding hydrogens is 309 g/mol. The molecule has 2 aliphatic carbocycles. The molecule has 0 bridgehead atoms. The number of carbonyl (C=O) groups excluding carboxylic acids is 1. The molecule has 126 valence electrons. The first kappa shape index (κ1) is 16.0. The van der Waals surface area contributed by atoms with E-state index in [1.165, 1.54) is 18.2 Å². The molecule has 2 fully saturated rings. The lowest BCUT2D eigenvalue weighted by molar-refractivity contribution is -0.274. The second-order valence-electron chi connectivity index (χ2n) is 6.17. The summed E-state index contributed by atoms with van der Waals surface area (Å²) in [4.78, 5) is 12.1. The van der Waals surface area contributed by atoms with Gasteiger partial charge in [-0.05, 0) is 49.7 Å². The van der Waals surface area contributed by atoms with Crippen LogP contribution in [0.25, 0.3) is 0 Å². The number of carbonyl (C=O) groups is 1. The van der Waals surface area contributed by atoms with E-state index in [2.05, 4.69) is 15.4 Å². The molecule has 2 N–H and O–H groups in total. The topological polar surface area (TPSA) is 50.4 Å². The summed E-state index contributed by atoms with van der Waals surface area (Å²) in [6, 6.07) is 5.92. The fraction of sp³-hybridized carbons (Fsp3) is 0.562. The predicted molar refractivity (Wildman–Crippen MR) is 79.0 cm³/mol. The molecule has 0 aromatic heterocycles. The molecule has 23 heavy (non-hydrogen) atoms. The highest BCUT2D eigenvalue weighted by Crippen LogP contribution is 2.44. The Morgan fingerprint density at radius 2 is 1.78 bits per heavy atom. The molecule has 2 saturated carbocycles. The van der Waals surface area contributed by atoms with Crippen LogP contribution in [0.15, 0.2) is 24.3 Å². The lowest BCUT2D eigenvalue weighted by Crippen LogP contribution is -2.41. The van der Waals surface area contributed by atoms with Crippen molar-refractivity contribution < 1.29 is 22.7 Å². The van der Waals surface area contributed by atoms with E-state index in [-0.39, 0.29) is 29.9 Å². The first-order valence-corrected chi connectivity index (χ1v) is 7.80. The van der Waals surface area contributed by atoms with Gasteiger partial charge in [-0.2, -0.15) is 0 Å². The van der Waals surface area contributed by atoms with Gasteiger partial charge in [0.2, 0.25) is 5.91 Å². The number of benzene rings is 1. The highest BCUT2D eigenvalue weighted by molar-refractivity contribution is 5.81. The Morgan fingerprint density at radius 3 is 2.35 bits per heavy atom. The largest absolute Gasteiger partial charge is 0.573 e. The highest BCUT2D eigenvalue weighted by atomic mass is 19.4. The molecule has 1 aromatic rings. The maximum atomic E-state index is 12.4. The Hall–Kier alpha value is -1.92. The van der Waals surface area contributed by atoms with Crippen molar-refractivity contribution in [2.45, 2.75) is 38.1 Å². The molecule has 0 unspecified atom stereocenters. The van der Waals surface area contributed by atoms with Crippen LogP contribution in [-0.4, -0.2) is 24.9 Å². The summed E-state index contributed by atoms with van der Waals surface area (Å²) in [5.74, 6) is 0.615. The zero-order chi connectivity index (χ0) is 16.4. The van der Waals surface area contributed by atoms with Crippen molar-refractivity contribution in [2.75, 3.05) is 11.9 Å². The molecule has 1 amide bonds. The molecule has 7 heteroatoms. The first-order valence-electron chi connectivity index (χ1n) is 7.80. The quantitative estimate of drug-likeness (QED) is 0.807. The van der Waals surface area contributed by atoms with Crippen LogP contribution in [-0.2, 0) is 4.79 Å². The van der Waals surface area contributed by atoms with E-state index in [0.717, 1.165) is 25.7 Å². The Balaban J connectivity index is 1.54. The Kier molecular flexibility index (Phi) is 4.37. The number of hydrogen-bond donors (Lipinski definition) is 2. The standard InChI is InChI=1S/C16H19F3N2O2/c17-16(18,19)23-13-4-2-1-3-12(13)20-9-14(22)21-15(10-5-6-10)11-7-8-11/h1-4,10-11,15,20H,5-9H2,(H,21,22). The minimum atomic E-state index is -4.76.